The van der Waals surface area contributed by atoms with Crippen molar-refractivity contribution in [2.75, 3.05) is 18.0 Å². The summed E-state index contributed by atoms with van der Waals surface area (Å²) in [5.74, 6) is 0.730. The molecular formula is C23H27N7O2. The lowest BCUT2D eigenvalue weighted by Gasteiger charge is -2.31. The van der Waals surface area contributed by atoms with Crippen molar-refractivity contribution in [3.05, 3.63) is 58.0 Å². The summed E-state index contributed by atoms with van der Waals surface area (Å²) in [6, 6.07) is 8.02. The van der Waals surface area contributed by atoms with Gasteiger partial charge in [-0.3, -0.25) is 19.7 Å². The summed E-state index contributed by atoms with van der Waals surface area (Å²) in [6.07, 6.45) is 10.1. The van der Waals surface area contributed by atoms with Gasteiger partial charge in [-0.1, -0.05) is 37.3 Å². The van der Waals surface area contributed by atoms with Crippen LogP contribution in [0.3, 0.4) is 0 Å². The van der Waals surface area contributed by atoms with Crippen LogP contribution in [0.1, 0.15) is 37.3 Å². The van der Waals surface area contributed by atoms with E-state index in [0.29, 0.717) is 29.9 Å². The number of hydroxylamine groups is 1. The quantitative estimate of drug-likeness (QED) is 0.651. The number of anilines is 1. The van der Waals surface area contributed by atoms with Gasteiger partial charge in [-0.15, -0.1) is 0 Å². The number of rotatable bonds is 4. The van der Waals surface area contributed by atoms with E-state index >= 15 is 0 Å². The van der Waals surface area contributed by atoms with Crippen molar-refractivity contribution < 1.29 is 4.84 Å². The average molecular weight is 434 g/mol. The van der Waals surface area contributed by atoms with Crippen LogP contribution in [-0.4, -0.2) is 38.5 Å². The molecule has 1 atom stereocenters. The zero-order valence-electron chi connectivity index (χ0n) is 18.1. The standard InChI is InChI=1S/C23H27N7O2/c1-2-3-11-29-21-19(26-23(29)28-10-6-8-17(24)13-28)12-25-30(22(21)31)14-20-18-9-5-4-7-16(18)15-32-27-20/h3-5,7,9,11-12,14,17,27H,2,6,8,10,13,15,24H2,1H3. The van der Waals surface area contributed by atoms with Crippen LogP contribution in [0.5, 0.6) is 0 Å². The van der Waals surface area contributed by atoms with Crippen LogP contribution in [0.2, 0.25) is 0 Å². The lowest BCUT2D eigenvalue weighted by molar-refractivity contribution is 0.0575. The van der Waals surface area contributed by atoms with E-state index in [2.05, 4.69) is 22.4 Å². The smallest absolute Gasteiger partial charge is 0.297 e. The molecule has 0 radical (unpaired) electrons. The van der Waals surface area contributed by atoms with Crippen molar-refractivity contribution in [3.63, 3.8) is 0 Å². The lowest BCUT2D eigenvalue weighted by atomic mass is 10.1. The highest BCUT2D eigenvalue weighted by atomic mass is 16.6. The molecule has 1 aromatic carbocycles. The van der Waals surface area contributed by atoms with Crippen LogP contribution in [0.25, 0.3) is 29.1 Å². The monoisotopic (exact) mass is 433 g/mol. The second-order valence-electron chi connectivity index (χ2n) is 8.14. The van der Waals surface area contributed by atoms with E-state index in [0.717, 1.165) is 42.9 Å². The van der Waals surface area contributed by atoms with Crippen LogP contribution in [0.15, 0.2) is 41.3 Å². The van der Waals surface area contributed by atoms with Gasteiger partial charge in [-0.25, -0.2) is 9.67 Å². The van der Waals surface area contributed by atoms with Gasteiger partial charge in [-0.2, -0.15) is 5.10 Å². The van der Waals surface area contributed by atoms with Crippen molar-refractivity contribution in [2.45, 2.75) is 38.8 Å². The van der Waals surface area contributed by atoms with Gasteiger partial charge in [0.1, 0.15) is 17.6 Å². The molecule has 1 saturated heterocycles. The van der Waals surface area contributed by atoms with Crippen LogP contribution < -0.4 is 21.7 Å². The molecule has 1 unspecified atom stereocenters. The maximum Gasteiger partial charge on any atom is 0.297 e. The first-order valence-electron chi connectivity index (χ1n) is 11.0. The van der Waals surface area contributed by atoms with E-state index in [-0.39, 0.29) is 11.6 Å². The first-order valence-corrected chi connectivity index (χ1v) is 11.0. The van der Waals surface area contributed by atoms with Gasteiger partial charge >= 0.3 is 0 Å². The first-order chi connectivity index (χ1) is 15.7. The molecule has 0 aliphatic carbocycles. The Balaban J connectivity index is 1.64. The normalized spacial score (nSPS) is 20.1. The Kier molecular flexibility index (Phi) is 5.50. The largest absolute Gasteiger partial charge is 0.340 e. The molecule has 32 heavy (non-hydrogen) atoms. The molecule has 166 valence electrons. The molecule has 3 aromatic rings. The van der Waals surface area contributed by atoms with Gasteiger partial charge < -0.3 is 10.6 Å². The first kappa shape index (κ1) is 20.5. The number of aromatic nitrogens is 4. The minimum Gasteiger partial charge on any atom is -0.340 e. The predicted octanol–water partition coefficient (Wildman–Crippen LogP) is 2.39. The SMILES string of the molecule is CCC=Cn1c(N2CCCC(N)C2)nc2cnn(C=C3NOCc4ccccc43)c(=O)c21. The summed E-state index contributed by atoms with van der Waals surface area (Å²) in [5.41, 5.74) is 12.6. The summed E-state index contributed by atoms with van der Waals surface area (Å²) in [4.78, 5) is 25.9. The molecule has 0 amide bonds. The summed E-state index contributed by atoms with van der Waals surface area (Å²) < 4.78 is 3.20. The van der Waals surface area contributed by atoms with Gasteiger partial charge in [0.25, 0.3) is 5.56 Å². The molecule has 9 nitrogen and oxygen atoms in total. The Labute approximate surface area is 185 Å². The molecule has 5 rings (SSSR count). The number of benzene rings is 1. The fourth-order valence-corrected chi connectivity index (χ4v) is 4.25. The molecule has 3 N–H and O–H groups in total. The van der Waals surface area contributed by atoms with Gasteiger partial charge in [0.2, 0.25) is 5.95 Å². The van der Waals surface area contributed by atoms with E-state index in [1.54, 1.807) is 12.4 Å². The number of hydrogen-bond acceptors (Lipinski definition) is 7. The van der Waals surface area contributed by atoms with Gasteiger partial charge in [0.15, 0.2) is 0 Å². The van der Waals surface area contributed by atoms with Crippen LogP contribution in [0.4, 0.5) is 5.95 Å². The highest BCUT2D eigenvalue weighted by molar-refractivity contribution is 5.81. The number of nitrogens with zero attached hydrogens (tertiary/aromatic N) is 5. The molecular weight excluding hydrogens is 406 g/mol. The fourth-order valence-electron chi connectivity index (χ4n) is 4.25. The molecule has 1 fully saturated rings. The van der Waals surface area contributed by atoms with Crippen LogP contribution in [-0.2, 0) is 11.4 Å². The number of nitrogens with two attached hydrogens (primary N) is 1. The second kappa shape index (κ2) is 8.60. The van der Waals surface area contributed by atoms with Crippen molar-refractivity contribution >= 4 is 35.1 Å². The highest BCUT2D eigenvalue weighted by Crippen LogP contribution is 2.25. The summed E-state index contributed by atoms with van der Waals surface area (Å²) in [6.45, 7) is 4.10. The molecule has 2 aliphatic rings. The topological polar surface area (TPSA) is 103 Å². The summed E-state index contributed by atoms with van der Waals surface area (Å²) in [5, 5.41) is 4.36. The Bertz CT molecular complexity index is 1260. The molecule has 2 aromatic heterocycles. The maximum absolute atomic E-state index is 13.5. The third kappa shape index (κ3) is 3.69. The number of piperidine rings is 1. The minimum atomic E-state index is -0.249. The maximum atomic E-state index is 13.5. The fraction of sp³-hybridized carbons (Fsp3) is 0.348. The van der Waals surface area contributed by atoms with E-state index < -0.39 is 0 Å². The molecule has 0 spiro atoms. The van der Waals surface area contributed by atoms with E-state index in [9.17, 15) is 4.79 Å². The second-order valence-corrected chi connectivity index (χ2v) is 8.14. The predicted molar refractivity (Wildman–Crippen MR) is 125 cm³/mol. The Hall–Kier alpha value is -3.43. The van der Waals surface area contributed by atoms with Crippen LogP contribution in [0, 0.1) is 0 Å². The zero-order chi connectivity index (χ0) is 22.1. The number of imidazole rings is 1. The number of allylic oxidation sites excluding steroid dienone is 1. The van der Waals surface area contributed by atoms with Crippen LogP contribution >= 0.6 is 0 Å². The van der Waals surface area contributed by atoms with Crippen molar-refractivity contribution in [1.29, 1.82) is 0 Å². The Morgan fingerprint density at radius 1 is 1.34 bits per heavy atom. The molecule has 2 aliphatic heterocycles. The molecule has 0 bridgehead atoms. The number of nitrogens with one attached hydrogen (secondary N) is 1. The van der Waals surface area contributed by atoms with Crippen molar-refractivity contribution in [3.8, 4) is 0 Å². The number of hydrogen-bond donors (Lipinski definition) is 2. The average Bonchev–Trinajstić information content (AvgIpc) is 3.19. The molecule has 9 heteroatoms. The third-order valence-electron chi connectivity index (χ3n) is 5.83. The third-order valence-corrected chi connectivity index (χ3v) is 5.83. The van der Waals surface area contributed by atoms with Gasteiger partial charge in [0, 0.05) is 30.9 Å². The van der Waals surface area contributed by atoms with Gasteiger partial charge in [-0.05, 0) is 24.8 Å². The highest BCUT2D eigenvalue weighted by Gasteiger charge is 2.24. The zero-order valence-corrected chi connectivity index (χ0v) is 18.1. The summed E-state index contributed by atoms with van der Waals surface area (Å²) in [7, 11) is 0. The molecule has 4 heterocycles. The van der Waals surface area contributed by atoms with E-state index in [1.807, 2.05) is 41.1 Å². The van der Waals surface area contributed by atoms with Gasteiger partial charge in [0.05, 0.1) is 18.1 Å². The molecule has 0 saturated carbocycles. The number of fused-ring (bicyclic) bond motifs is 2. The lowest BCUT2D eigenvalue weighted by Crippen LogP contribution is -2.43. The van der Waals surface area contributed by atoms with E-state index in [4.69, 9.17) is 15.6 Å². The minimum absolute atomic E-state index is 0.101. The Morgan fingerprint density at radius 3 is 3.06 bits per heavy atom. The summed E-state index contributed by atoms with van der Waals surface area (Å²) >= 11 is 0. The van der Waals surface area contributed by atoms with Crippen molar-refractivity contribution in [2.24, 2.45) is 5.73 Å². The Morgan fingerprint density at radius 2 is 2.22 bits per heavy atom. The van der Waals surface area contributed by atoms with Crippen molar-refractivity contribution in [1.82, 2.24) is 24.8 Å². The van der Waals surface area contributed by atoms with E-state index in [1.165, 1.54) is 4.68 Å².